The summed E-state index contributed by atoms with van der Waals surface area (Å²) in [6.07, 6.45) is 9.34. The number of hydrogen-bond acceptors (Lipinski definition) is 1. The van der Waals surface area contributed by atoms with Crippen LogP contribution in [0.25, 0.3) is 0 Å². The van der Waals surface area contributed by atoms with Gasteiger partial charge in [-0.25, -0.2) is 0 Å². The average molecular weight is 219 g/mol. The van der Waals surface area contributed by atoms with Gasteiger partial charge in [0.25, 0.3) is 0 Å². The molecule has 2 rings (SSSR count). The Kier molecular flexibility index (Phi) is 3.14. The standard InChI is InChI=1S/C11H19ClS/c1-13-4-2-3-11(8-12)6-9-5-10(9)7-11/h9-10H,2-8H2,1H3. The molecule has 2 heteroatoms. The van der Waals surface area contributed by atoms with E-state index in [2.05, 4.69) is 6.26 Å². The van der Waals surface area contributed by atoms with Crippen LogP contribution < -0.4 is 0 Å². The molecule has 0 heterocycles. The molecule has 0 nitrogen and oxygen atoms in total. The Labute approximate surface area is 90.8 Å². The SMILES string of the molecule is CSCCCC1(CCl)CC2CC2C1. The Bertz CT molecular complexity index is 171. The fourth-order valence-electron chi connectivity index (χ4n) is 2.98. The van der Waals surface area contributed by atoms with E-state index in [9.17, 15) is 0 Å². The molecule has 2 aliphatic carbocycles. The second-order valence-corrected chi connectivity index (χ2v) is 6.15. The second-order valence-electron chi connectivity index (χ2n) is 4.89. The first-order valence-electron chi connectivity index (χ1n) is 5.34. The molecule has 0 aliphatic heterocycles. The van der Waals surface area contributed by atoms with Crippen LogP contribution in [0.4, 0.5) is 0 Å². The Morgan fingerprint density at radius 1 is 1.38 bits per heavy atom. The summed E-state index contributed by atoms with van der Waals surface area (Å²) >= 11 is 8.09. The molecule has 0 amide bonds. The van der Waals surface area contributed by atoms with Crippen molar-refractivity contribution in [2.75, 3.05) is 17.9 Å². The number of fused-ring (bicyclic) bond motifs is 1. The number of rotatable bonds is 5. The van der Waals surface area contributed by atoms with Gasteiger partial charge in [0.1, 0.15) is 0 Å². The van der Waals surface area contributed by atoms with Crippen LogP contribution in [-0.2, 0) is 0 Å². The molecular formula is C11H19ClS. The second kappa shape index (κ2) is 4.02. The van der Waals surface area contributed by atoms with E-state index in [-0.39, 0.29) is 0 Å². The summed E-state index contributed by atoms with van der Waals surface area (Å²) in [6, 6.07) is 0. The van der Waals surface area contributed by atoms with Gasteiger partial charge in [-0.15, -0.1) is 11.6 Å². The predicted octanol–water partition coefficient (Wildman–Crippen LogP) is 3.78. The summed E-state index contributed by atoms with van der Waals surface area (Å²) in [4.78, 5) is 0. The Morgan fingerprint density at radius 3 is 2.62 bits per heavy atom. The van der Waals surface area contributed by atoms with Crippen molar-refractivity contribution in [2.24, 2.45) is 17.3 Å². The molecule has 13 heavy (non-hydrogen) atoms. The average Bonchev–Trinajstić information content (AvgIpc) is 2.76. The largest absolute Gasteiger partial charge is 0.165 e. The summed E-state index contributed by atoms with van der Waals surface area (Å²) in [7, 11) is 0. The molecule has 0 N–H and O–H groups in total. The first-order valence-corrected chi connectivity index (χ1v) is 7.27. The molecule has 0 aromatic rings. The maximum atomic E-state index is 6.12. The van der Waals surface area contributed by atoms with Crippen LogP contribution in [0.3, 0.4) is 0 Å². The molecule has 2 unspecified atom stereocenters. The molecule has 0 aromatic carbocycles. The fourth-order valence-corrected chi connectivity index (χ4v) is 3.76. The summed E-state index contributed by atoms with van der Waals surface area (Å²) in [5.41, 5.74) is 0.560. The maximum Gasteiger partial charge on any atom is 0.0280 e. The van der Waals surface area contributed by atoms with Crippen molar-refractivity contribution in [1.82, 2.24) is 0 Å². The topological polar surface area (TPSA) is 0 Å². The van der Waals surface area contributed by atoms with Gasteiger partial charge in [0.05, 0.1) is 0 Å². The molecule has 0 bridgehead atoms. The van der Waals surface area contributed by atoms with Crippen molar-refractivity contribution in [3.8, 4) is 0 Å². The van der Waals surface area contributed by atoms with Crippen molar-refractivity contribution in [3.63, 3.8) is 0 Å². The van der Waals surface area contributed by atoms with E-state index < -0.39 is 0 Å². The van der Waals surface area contributed by atoms with Gasteiger partial charge in [-0.3, -0.25) is 0 Å². The van der Waals surface area contributed by atoms with Crippen LogP contribution in [-0.4, -0.2) is 17.9 Å². The van der Waals surface area contributed by atoms with Crippen LogP contribution in [0, 0.1) is 17.3 Å². The minimum atomic E-state index is 0.560. The zero-order chi connectivity index (χ0) is 9.31. The molecule has 0 saturated heterocycles. The zero-order valence-corrected chi connectivity index (χ0v) is 9.96. The molecule has 0 spiro atoms. The van der Waals surface area contributed by atoms with Crippen molar-refractivity contribution >= 4 is 23.4 Å². The molecule has 76 valence electrons. The minimum absolute atomic E-state index is 0.560. The third-order valence-electron chi connectivity index (χ3n) is 3.80. The van der Waals surface area contributed by atoms with Gasteiger partial charge in [-0.05, 0) is 61.4 Å². The number of alkyl halides is 1. The molecule has 0 radical (unpaired) electrons. The molecule has 2 atom stereocenters. The quantitative estimate of drug-likeness (QED) is 0.500. The lowest BCUT2D eigenvalue weighted by Crippen LogP contribution is -2.21. The number of halogens is 1. The van der Waals surface area contributed by atoms with Gasteiger partial charge >= 0.3 is 0 Å². The van der Waals surface area contributed by atoms with E-state index in [1.807, 2.05) is 11.8 Å². The molecule has 2 fully saturated rings. The van der Waals surface area contributed by atoms with Gasteiger partial charge in [0.15, 0.2) is 0 Å². The van der Waals surface area contributed by atoms with Crippen LogP contribution in [0.2, 0.25) is 0 Å². The predicted molar refractivity (Wildman–Crippen MR) is 61.6 cm³/mol. The molecule has 2 aliphatic rings. The van der Waals surface area contributed by atoms with Gasteiger partial charge < -0.3 is 0 Å². The lowest BCUT2D eigenvalue weighted by atomic mass is 9.81. The van der Waals surface area contributed by atoms with Gasteiger partial charge in [-0.1, -0.05) is 0 Å². The van der Waals surface area contributed by atoms with E-state index >= 15 is 0 Å². The van der Waals surface area contributed by atoms with Gasteiger partial charge in [0.2, 0.25) is 0 Å². The molecule has 0 aromatic heterocycles. The Balaban J connectivity index is 1.78. The fraction of sp³-hybridized carbons (Fsp3) is 1.00. The van der Waals surface area contributed by atoms with E-state index in [1.54, 1.807) is 0 Å². The smallest absolute Gasteiger partial charge is 0.0280 e. The maximum absolute atomic E-state index is 6.12. The highest BCUT2D eigenvalue weighted by molar-refractivity contribution is 7.98. The normalized spacial score (nSPS) is 42.0. The van der Waals surface area contributed by atoms with Crippen LogP contribution in [0.5, 0.6) is 0 Å². The van der Waals surface area contributed by atoms with Crippen LogP contribution in [0.1, 0.15) is 32.1 Å². The Hall–Kier alpha value is 0.640. The van der Waals surface area contributed by atoms with E-state index in [1.165, 1.54) is 37.9 Å². The monoisotopic (exact) mass is 218 g/mol. The van der Waals surface area contributed by atoms with Crippen LogP contribution >= 0.6 is 23.4 Å². The first kappa shape index (κ1) is 10.2. The first-order chi connectivity index (χ1) is 6.29. The number of thioether (sulfide) groups is 1. The highest BCUT2D eigenvalue weighted by Gasteiger charge is 2.52. The third kappa shape index (κ3) is 2.18. The van der Waals surface area contributed by atoms with Gasteiger partial charge in [-0.2, -0.15) is 11.8 Å². The summed E-state index contributed by atoms with van der Waals surface area (Å²) < 4.78 is 0. The lowest BCUT2D eigenvalue weighted by Gasteiger charge is -2.28. The zero-order valence-electron chi connectivity index (χ0n) is 8.39. The third-order valence-corrected chi connectivity index (χ3v) is 5.06. The molecular weight excluding hydrogens is 200 g/mol. The van der Waals surface area contributed by atoms with E-state index in [0.717, 1.165) is 17.7 Å². The van der Waals surface area contributed by atoms with Crippen LogP contribution in [0.15, 0.2) is 0 Å². The van der Waals surface area contributed by atoms with Crippen molar-refractivity contribution < 1.29 is 0 Å². The van der Waals surface area contributed by atoms with E-state index in [4.69, 9.17) is 11.6 Å². The van der Waals surface area contributed by atoms with Crippen molar-refractivity contribution in [3.05, 3.63) is 0 Å². The lowest BCUT2D eigenvalue weighted by molar-refractivity contribution is 0.278. The van der Waals surface area contributed by atoms with E-state index in [0.29, 0.717) is 5.41 Å². The minimum Gasteiger partial charge on any atom is -0.165 e. The highest BCUT2D eigenvalue weighted by atomic mass is 35.5. The van der Waals surface area contributed by atoms with Gasteiger partial charge in [0, 0.05) is 5.88 Å². The Morgan fingerprint density at radius 2 is 2.08 bits per heavy atom. The summed E-state index contributed by atoms with van der Waals surface area (Å²) in [5.74, 6) is 4.38. The van der Waals surface area contributed by atoms with Crippen molar-refractivity contribution in [2.45, 2.75) is 32.1 Å². The number of hydrogen-bond donors (Lipinski definition) is 0. The summed E-state index contributed by atoms with van der Waals surface area (Å²) in [5, 5.41) is 0. The molecule has 2 saturated carbocycles. The summed E-state index contributed by atoms with van der Waals surface area (Å²) in [6.45, 7) is 0. The highest BCUT2D eigenvalue weighted by Crippen LogP contribution is 2.61. The van der Waals surface area contributed by atoms with Crippen molar-refractivity contribution in [1.29, 1.82) is 0 Å².